The largest absolute Gasteiger partial charge is 0.755 e. The van der Waals surface area contributed by atoms with E-state index >= 15 is 0 Å². The lowest BCUT2D eigenvalue weighted by molar-refractivity contribution is -0.153. The SMILES string of the molecule is CC(C)(C)OC(=O)CN(c1ccc(C(=O)OCC(=O)O[C@@H](Cc2c(Cl)cncc2Cl)c2ccc(OC(F)F)c(OCC3CC3)c2)cc1OCC1CC1)S(=O)[O-]. The van der Waals surface area contributed by atoms with Gasteiger partial charge >= 0.3 is 24.5 Å². The first-order valence-corrected chi connectivity index (χ1v) is 19.1. The molecule has 2 aliphatic carbocycles. The van der Waals surface area contributed by atoms with Crippen LogP contribution in [0.15, 0.2) is 48.8 Å². The van der Waals surface area contributed by atoms with Crippen molar-refractivity contribution in [2.45, 2.75) is 71.2 Å². The molecule has 2 saturated carbocycles. The second-order valence-electron chi connectivity index (χ2n) is 14.0. The lowest BCUT2D eigenvalue weighted by Crippen LogP contribution is -2.36. The summed E-state index contributed by atoms with van der Waals surface area (Å²) in [5, 5.41) is 0.355. The Bertz CT molecular complexity index is 1870. The summed E-state index contributed by atoms with van der Waals surface area (Å²) >= 11 is 9.82. The molecule has 0 saturated heterocycles. The number of pyridine rings is 1. The second-order valence-corrected chi connectivity index (χ2v) is 15.6. The van der Waals surface area contributed by atoms with Crippen molar-refractivity contribution < 1.29 is 60.3 Å². The summed E-state index contributed by atoms with van der Waals surface area (Å²) < 4.78 is 84.3. The molecule has 1 heterocycles. The Balaban J connectivity index is 1.33. The van der Waals surface area contributed by atoms with Crippen LogP contribution in [0.5, 0.6) is 17.2 Å². The molecule has 1 aromatic heterocycles. The number of alkyl halides is 2. The van der Waals surface area contributed by atoms with E-state index in [1.54, 1.807) is 20.8 Å². The summed E-state index contributed by atoms with van der Waals surface area (Å²) in [7, 11) is 0. The molecule has 2 aromatic carbocycles. The quantitative estimate of drug-likeness (QED) is 0.0680. The molecule has 3 aromatic rings. The highest BCUT2D eigenvalue weighted by Gasteiger charge is 2.28. The number of esters is 3. The van der Waals surface area contributed by atoms with Gasteiger partial charge in [-0.1, -0.05) is 29.3 Å². The first-order chi connectivity index (χ1) is 26.1. The highest BCUT2D eigenvalue weighted by Crippen LogP contribution is 2.38. The smallest absolute Gasteiger partial charge is 0.387 e. The average Bonchev–Trinajstić information content (AvgIpc) is 4.05. The van der Waals surface area contributed by atoms with Crippen LogP contribution in [0.2, 0.25) is 10.0 Å². The summed E-state index contributed by atoms with van der Waals surface area (Å²) in [5.74, 6) is -2.45. The number of nitrogens with zero attached hydrogens (tertiary/aromatic N) is 2. The van der Waals surface area contributed by atoms with Crippen molar-refractivity contribution in [3.8, 4) is 17.2 Å². The summed E-state index contributed by atoms with van der Waals surface area (Å²) in [4.78, 5) is 42.9. The van der Waals surface area contributed by atoms with Crippen molar-refractivity contribution in [3.63, 3.8) is 0 Å². The fraction of sp³-hybridized carbons (Fsp3) is 0.459. The topological polar surface area (TPSA) is 163 Å². The monoisotopic (exact) mass is 827 g/mol. The summed E-state index contributed by atoms with van der Waals surface area (Å²) in [5.41, 5.74) is -0.279. The number of ether oxygens (including phenoxy) is 6. The number of carbonyl (C=O) groups is 3. The first kappa shape index (κ1) is 41.9. The number of rotatable bonds is 19. The van der Waals surface area contributed by atoms with Gasteiger partial charge in [0, 0.05) is 30.1 Å². The van der Waals surface area contributed by atoms with Crippen LogP contribution in [-0.2, 0) is 41.5 Å². The van der Waals surface area contributed by atoms with Crippen LogP contribution in [0.1, 0.15) is 74.0 Å². The van der Waals surface area contributed by atoms with Gasteiger partial charge in [0.05, 0.1) is 34.5 Å². The molecule has 2 fully saturated rings. The van der Waals surface area contributed by atoms with Crippen LogP contribution in [0.4, 0.5) is 14.5 Å². The van der Waals surface area contributed by atoms with Gasteiger partial charge in [0.1, 0.15) is 24.0 Å². The second kappa shape index (κ2) is 18.6. The van der Waals surface area contributed by atoms with E-state index in [9.17, 15) is 31.9 Å². The lowest BCUT2D eigenvalue weighted by Gasteiger charge is -2.29. The number of halogens is 4. The zero-order valence-electron chi connectivity index (χ0n) is 30.1. The van der Waals surface area contributed by atoms with Crippen molar-refractivity contribution in [2.75, 3.05) is 30.7 Å². The van der Waals surface area contributed by atoms with Gasteiger partial charge in [-0.3, -0.25) is 18.3 Å². The fourth-order valence-electron chi connectivity index (χ4n) is 5.13. The van der Waals surface area contributed by atoms with Crippen LogP contribution in [0.3, 0.4) is 0 Å². The molecule has 0 bridgehead atoms. The normalized spacial score (nSPS) is 15.1. The van der Waals surface area contributed by atoms with Crippen molar-refractivity contribution in [2.24, 2.45) is 11.8 Å². The molecule has 0 spiro atoms. The van der Waals surface area contributed by atoms with E-state index in [1.165, 1.54) is 48.8 Å². The molecule has 298 valence electrons. The highest BCUT2D eigenvalue weighted by molar-refractivity contribution is 7.80. The molecule has 0 aliphatic heterocycles. The Kier molecular flexibility index (Phi) is 14.2. The summed E-state index contributed by atoms with van der Waals surface area (Å²) in [6.45, 7) is 0.803. The maximum Gasteiger partial charge on any atom is 0.387 e. The van der Waals surface area contributed by atoms with Crippen molar-refractivity contribution in [1.29, 1.82) is 0 Å². The third-order valence-electron chi connectivity index (χ3n) is 8.17. The lowest BCUT2D eigenvalue weighted by atomic mass is 10.0. The van der Waals surface area contributed by atoms with E-state index in [0.717, 1.165) is 30.0 Å². The van der Waals surface area contributed by atoms with E-state index in [-0.39, 0.29) is 70.0 Å². The standard InChI is InChI=1S/C37H40Cl2F2N2O11S/c1-37(2,3)54-33(44)17-43(55(47)48)28-10-8-24(13-31(28)49-18-21-4-5-21)35(46)51-20-34(45)52-30(14-25-26(38)15-42-16-27(25)39)23-9-11-29(53-36(40)41)32(12-23)50-19-22-6-7-22/h8-13,15-16,21-22,30,36H,4-7,14,17-20H2,1-3H3,(H,47,48)/p-1/t30-/m0/s1. The predicted molar refractivity (Wildman–Crippen MR) is 195 cm³/mol. The third kappa shape index (κ3) is 12.9. The van der Waals surface area contributed by atoms with Gasteiger partial charge in [0.2, 0.25) is 0 Å². The Morgan fingerprint density at radius 3 is 2.15 bits per heavy atom. The average molecular weight is 829 g/mol. The van der Waals surface area contributed by atoms with E-state index in [0.29, 0.717) is 11.1 Å². The van der Waals surface area contributed by atoms with Crippen molar-refractivity contribution >= 4 is 58.1 Å². The number of hydrogen-bond acceptors (Lipinski definition) is 12. The maximum absolute atomic E-state index is 13.2. The number of benzene rings is 2. The molecule has 0 radical (unpaired) electrons. The van der Waals surface area contributed by atoms with Crippen LogP contribution in [0, 0.1) is 11.8 Å². The molecule has 0 N–H and O–H groups in total. The minimum atomic E-state index is -3.12. The Hall–Kier alpha value is -4.25. The number of anilines is 1. The summed E-state index contributed by atoms with van der Waals surface area (Å²) in [6.07, 6.45) is 5.21. The third-order valence-corrected chi connectivity index (χ3v) is 9.51. The molecule has 55 heavy (non-hydrogen) atoms. The number of hydrogen-bond donors (Lipinski definition) is 0. The molecule has 0 amide bonds. The van der Waals surface area contributed by atoms with E-state index in [1.807, 2.05) is 0 Å². The maximum atomic E-state index is 13.2. The van der Waals surface area contributed by atoms with Crippen LogP contribution >= 0.6 is 23.2 Å². The van der Waals surface area contributed by atoms with Gasteiger partial charge in [-0.2, -0.15) is 8.78 Å². The van der Waals surface area contributed by atoms with Gasteiger partial charge in [-0.05, 0) is 99.7 Å². The molecular weight excluding hydrogens is 789 g/mol. The molecule has 2 aliphatic rings. The number of carbonyl (C=O) groups excluding carboxylic acids is 3. The van der Waals surface area contributed by atoms with Gasteiger partial charge in [-0.15, -0.1) is 0 Å². The highest BCUT2D eigenvalue weighted by atomic mass is 35.5. The van der Waals surface area contributed by atoms with Crippen LogP contribution in [-0.4, -0.2) is 70.2 Å². The Morgan fingerprint density at radius 1 is 0.927 bits per heavy atom. The van der Waals surface area contributed by atoms with Crippen LogP contribution < -0.4 is 18.5 Å². The minimum Gasteiger partial charge on any atom is -0.755 e. The molecule has 13 nitrogen and oxygen atoms in total. The van der Waals surface area contributed by atoms with Crippen molar-refractivity contribution in [1.82, 2.24) is 4.98 Å². The van der Waals surface area contributed by atoms with E-state index in [4.69, 9.17) is 46.9 Å². The van der Waals surface area contributed by atoms with Crippen molar-refractivity contribution in [3.05, 3.63) is 75.5 Å². The number of aromatic nitrogens is 1. The van der Waals surface area contributed by atoms with Gasteiger partial charge < -0.3 is 33.0 Å². The molecule has 2 atom stereocenters. The fourth-order valence-corrected chi connectivity index (χ4v) is 6.18. The zero-order valence-corrected chi connectivity index (χ0v) is 32.4. The molecule has 5 rings (SSSR count). The first-order valence-electron chi connectivity index (χ1n) is 17.3. The van der Waals surface area contributed by atoms with E-state index in [2.05, 4.69) is 9.72 Å². The Labute approximate surface area is 328 Å². The van der Waals surface area contributed by atoms with Crippen LogP contribution in [0.25, 0.3) is 0 Å². The summed E-state index contributed by atoms with van der Waals surface area (Å²) in [6, 6.07) is 7.89. The predicted octanol–water partition coefficient (Wildman–Crippen LogP) is 7.19. The van der Waals surface area contributed by atoms with Gasteiger partial charge in [-0.25, -0.2) is 9.59 Å². The minimum absolute atomic E-state index is 0.0118. The molecule has 18 heteroatoms. The van der Waals surface area contributed by atoms with Gasteiger partial charge in [0.25, 0.3) is 0 Å². The van der Waals surface area contributed by atoms with E-state index < -0.39 is 60.6 Å². The van der Waals surface area contributed by atoms with Gasteiger partial charge in [0.15, 0.2) is 18.1 Å². The Morgan fingerprint density at radius 2 is 1.56 bits per heavy atom. The zero-order chi connectivity index (χ0) is 39.9. The molecular formula is C37H39Cl2F2N2O11S-. The molecule has 1 unspecified atom stereocenters.